The van der Waals surface area contributed by atoms with Crippen molar-refractivity contribution in [2.75, 3.05) is 46.0 Å². The van der Waals surface area contributed by atoms with Gasteiger partial charge in [0.25, 0.3) is 5.91 Å². The molecule has 5 aliphatic rings. The zero-order chi connectivity index (χ0) is 48.4. The molecule has 3 aliphatic heterocycles. The summed E-state index contributed by atoms with van der Waals surface area (Å²) in [5.41, 5.74) is -2.12. The Morgan fingerprint density at radius 2 is 1.79 bits per heavy atom. The second-order valence-corrected chi connectivity index (χ2v) is 23.0. The van der Waals surface area contributed by atoms with Gasteiger partial charge >= 0.3 is 6.09 Å². The van der Waals surface area contributed by atoms with E-state index in [0.29, 0.717) is 67.4 Å². The Hall–Kier alpha value is -4.98. The largest absolute Gasteiger partial charge is 0.491 e. The van der Waals surface area contributed by atoms with E-state index in [2.05, 4.69) is 21.5 Å². The number of carbonyl (C=O) groups excluding carboxylic acids is 4. The Balaban J connectivity index is 1.17. The number of fused-ring (bicyclic) bond motifs is 2. The summed E-state index contributed by atoms with van der Waals surface area (Å²) < 4.78 is 54.3. The molecule has 1 aromatic carbocycles. The molecular formula is C47H63ClN8O10S. The average Bonchev–Trinajstić information content (AvgIpc) is 4.15. The van der Waals surface area contributed by atoms with Gasteiger partial charge in [-0.15, -0.1) is 6.58 Å². The van der Waals surface area contributed by atoms with Crippen molar-refractivity contribution in [1.29, 1.82) is 0 Å². The standard InChI is InChI=1S/C47H63ClN8O10S/c1-10-28-25-47(28,43(59)52-67(61,62)29-11-12-29)50-41(57)32-23-36(33-26-54(44(60)66-46(7,8)9)40(45(4,5)6)42(58)56(32)33)65-35-24-37(55-16-15-31(51-55)27(2)3)49-39-30(35)13-14-34(38(39)48)64-22-19-53-17-20-63-21-18-53/h10,13-16,24,27-29,32-33,36,40H,1,11-12,17-23,25-26H2,2-9H3,(H,50,57)(H,52,59)/t28-,32+,33-,36-,40+,47-/m1/s1. The molecule has 67 heavy (non-hydrogen) atoms. The van der Waals surface area contributed by atoms with Crippen LogP contribution in [0.15, 0.2) is 43.1 Å². The number of morpholine rings is 1. The number of amides is 4. The maximum absolute atomic E-state index is 15.1. The van der Waals surface area contributed by atoms with Gasteiger partial charge in [-0.2, -0.15) is 5.10 Å². The normalized spacial score (nSPS) is 25.8. The molecule has 0 spiro atoms. The van der Waals surface area contributed by atoms with Crippen LogP contribution < -0.4 is 19.5 Å². The number of pyridine rings is 1. The fourth-order valence-corrected chi connectivity index (χ4v) is 10.9. The van der Waals surface area contributed by atoms with Gasteiger partial charge in [-0.05, 0) is 69.6 Å². The van der Waals surface area contributed by atoms with Crippen LogP contribution >= 0.6 is 11.6 Å². The van der Waals surface area contributed by atoms with E-state index >= 15 is 4.79 Å². The van der Waals surface area contributed by atoms with Crippen LogP contribution in [0.5, 0.6) is 11.5 Å². The minimum Gasteiger partial charge on any atom is -0.491 e. The van der Waals surface area contributed by atoms with Crippen molar-refractivity contribution in [2.24, 2.45) is 11.3 Å². The van der Waals surface area contributed by atoms with E-state index < -0.39 is 85.8 Å². The van der Waals surface area contributed by atoms with E-state index in [1.807, 2.05) is 40.7 Å². The van der Waals surface area contributed by atoms with Crippen molar-refractivity contribution in [3.63, 3.8) is 0 Å². The Bertz CT molecular complexity index is 2550. The summed E-state index contributed by atoms with van der Waals surface area (Å²) in [5.74, 6) is -1.35. The molecule has 2 N–H and O–H groups in total. The van der Waals surface area contributed by atoms with Gasteiger partial charge in [-0.25, -0.2) is 22.9 Å². The van der Waals surface area contributed by atoms with E-state index in [9.17, 15) is 22.8 Å². The number of nitrogens with zero attached hydrogens (tertiary/aromatic N) is 6. The van der Waals surface area contributed by atoms with Gasteiger partial charge < -0.3 is 29.2 Å². The van der Waals surface area contributed by atoms with Crippen molar-refractivity contribution in [1.82, 2.24) is 39.5 Å². The lowest BCUT2D eigenvalue weighted by molar-refractivity contribution is -0.155. The van der Waals surface area contributed by atoms with E-state index in [-0.39, 0.29) is 30.3 Å². The van der Waals surface area contributed by atoms with E-state index in [1.54, 1.807) is 49.8 Å². The summed E-state index contributed by atoms with van der Waals surface area (Å²) in [6.45, 7) is 22.6. The highest BCUT2D eigenvalue weighted by atomic mass is 35.5. The maximum atomic E-state index is 15.1. The molecule has 4 amide bonds. The molecule has 6 atom stereocenters. The van der Waals surface area contributed by atoms with Crippen LogP contribution in [0.2, 0.25) is 5.02 Å². The average molecular weight is 968 g/mol. The Morgan fingerprint density at radius 1 is 1.07 bits per heavy atom. The highest BCUT2D eigenvalue weighted by Gasteiger charge is 2.64. The molecule has 2 aromatic heterocycles. The maximum Gasteiger partial charge on any atom is 0.411 e. The van der Waals surface area contributed by atoms with Crippen molar-refractivity contribution >= 4 is 56.3 Å². The smallest absolute Gasteiger partial charge is 0.411 e. The van der Waals surface area contributed by atoms with Crippen LogP contribution in [0.3, 0.4) is 0 Å². The summed E-state index contributed by atoms with van der Waals surface area (Å²) in [6.07, 6.45) is 2.62. The summed E-state index contributed by atoms with van der Waals surface area (Å²) in [4.78, 5) is 68.0. The third kappa shape index (κ3) is 9.97. The van der Waals surface area contributed by atoms with Crippen molar-refractivity contribution in [3.8, 4) is 17.3 Å². The number of carbonyl (C=O) groups is 4. The first kappa shape index (κ1) is 48.5. The first-order valence-electron chi connectivity index (χ1n) is 23.1. The predicted molar refractivity (Wildman–Crippen MR) is 250 cm³/mol. The van der Waals surface area contributed by atoms with E-state index in [1.165, 1.54) is 15.9 Å². The second kappa shape index (κ2) is 18.2. The summed E-state index contributed by atoms with van der Waals surface area (Å²) >= 11 is 7.16. The summed E-state index contributed by atoms with van der Waals surface area (Å²) in [6, 6.07) is 4.02. The molecule has 2 saturated carbocycles. The quantitative estimate of drug-likeness (QED) is 0.206. The molecule has 8 rings (SSSR count). The van der Waals surface area contributed by atoms with E-state index in [4.69, 9.17) is 40.6 Å². The first-order valence-corrected chi connectivity index (χ1v) is 25.0. The minimum absolute atomic E-state index is 0.0625. The third-order valence-electron chi connectivity index (χ3n) is 13.1. The van der Waals surface area contributed by atoms with E-state index in [0.717, 1.165) is 18.8 Å². The van der Waals surface area contributed by atoms with Gasteiger partial charge in [-0.3, -0.25) is 28.9 Å². The van der Waals surface area contributed by atoms with Crippen LogP contribution in [-0.4, -0.2) is 148 Å². The van der Waals surface area contributed by atoms with Crippen LogP contribution in [0, 0.1) is 11.3 Å². The molecule has 0 unspecified atom stereocenters. The van der Waals surface area contributed by atoms with Gasteiger partial charge in [0.15, 0.2) is 5.82 Å². The van der Waals surface area contributed by atoms with Crippen molar-refractivity contribution in [3.05, 3.63) is 53.8 Å². The lowest BCUT2D eigenvalue weighted by Gasteiger charge is -2.49. The van der Waals surface area contributed by atoms with Gasteiger partial charge in [0.1, 0.15) is 52.5 Å². The molecule has 364 valence electrons. The zero-order valence-corrected chi connectivity index (χ0v) is 41.1. The highest BCUT2D eigenvalue weighted by Crippen LogP contribution is 2.47. The number of sulfonamides is 1. The van der Waals surface area contributed by atoms with Gasteiger partial charge in [0.05, 0.1) is 35.7 Å². The van der Waals surface area contributed by atoms with Gasteiger partial charge in [0, 0.05) is 56.2 Å². The predicted octanol–water partition coefficient (Wildman–Crippen LogP) is 4.96. The Kier molecular flexibility index (Phi) is 13.1. The lowest BCUT2D eigenvalue weighted by atomic mass is 9.82. The first-order chi connectivity index (χ1) is 31.5. The molecular weight excluding hydrogens is 904 g/mol. The number of nitrogens with one attached hydrogen (secondary N) is 2. The number of halogens is 1. The molecule has 20 heteroatoms. The van der Waals surface area contributed by atoms with Gasteiger partial charge in [0.2, 0.25) is 21.8 Å². The van der Waals surface area contributed by atoms with Crippen molar-refractivity contribution < 1.29 is 46.5 Å². The van der Waals surface area contributed by atoms with Crippen molar-refractivity contribution in [2.45, 2.75) is 128 Å². The van der Waals surface area contributed by atoms with Gasteiger partial charge in [-0.1, -0.05) is 52.3 Å². The Labute approximate surface area is 397 Å². The second-order valence-electron chi connectivity index (χ2n) is 20.7. The number of aromatic nitrogens is 3. The monoisotopic (exact) mass is 966 g/mol. The number of benzene rings is 1. The summed E-state index contributed by atoms with van der Waals surface area (Å²) in [7, 11) is -3.95. The number of hydrogen-bond donors (Lipinski definition) is 2. The molecule has 3 saturated heterocycles. The molecule has 5 fully saturated rings. The number of piperazine rings is 1. The molecule has 5 heterocycles. The molecule has 0 bridgehead atoms. The topological polar surface area (TPSA) is 204 Å². The lowest BCUT2D eigenvalue weighted by Crippen LogP contribution is -2.69. The molecule has 18 nitrogen and oxygen atoms in total. The number of ether oxygens (including phenoxy) is 4. The van der Waals surface area contributed by atoms with Crippen LogP contribution in [-0.2, 0) is 33.9 Å². The molecule has 0 radical (unpaired) electrons. The summed E-state index contributed by atoms with van der Waals surface area (Å²) in [5, 5.41) is 7.75. The molecule has 2 aliphatic carbocycles. The van der Waals surface area contributed by atoms with Crippen LogP contribution in [0.4, 0.5) is 4.79 Å². The highest BCUT2D eigenvalue weighted by molar-refractivity contribution is 7.91. The number of rotatable bonds is 14. The fourth-order valence-electron chi connectivity index (χ4n) is 9.29. The van der Waals surface area contributed by atoms with Crippen LogP contribution in [0.1, 0.15) is 92.7 Å². The fraction of sp³-hybridized carbons (Fsp3) is 0.617. The zero-order valence-electron chi connectivity index (χ0n) is 39.5. The SMILES string of the molecule is C=C[C@@H]1C[C@]1(NC(=O)[C@@H]1C[C@@H](Oc2cc(-n3ccc(C(C)C)n3)nc3c(Cl)c(OCCN4CCOCC4)ccc23)[C@H]2CN(C(=O)OC(C)(C)C)[C@H](C(C)(C)C)C(=O)N21)C(=O)NS(=O)(=O)C1CC1. The third-order valence-corrected chi connectivity index (χ3v) is 15.3. The molecule has 3 aromatic rings. The minimum atomic E-state index is -3.95. The number of hydrogen-bond acceptors (Lipinski definition) is 13. The Morgan fingerprint density at radius 3 is 2.40 bits per heavy atom. The van der Waals surface area contributed by atoms with Crippen LogP contribution in [0.25, 0.3) is 16.7 Å².